The second kappa shape index (κ2) is 9.74. The van der Waals surface area contributed by atoms with Crippen LogP contribution < -0.4 is 16.8 Å². The summed E-state index contributed by atoms with van der Waals surface area (Å²) < 4.78 is 29.6. The molecular weight excluding hydrogens is 306 g/mol. The van der Waals surface area contributed by atoms with Crippen LogP contribution in [0.15, 0.2) is 34.2 Å². The second-order valence-electron chi connectivity index (χ2n) is 4.45. The number of rotatable bonds is 4. The van der Waals surface area contributed by atoms with Gasteiger partial charge >= 0.3 is 0 Å². The fourth-order valence-electron chi connectivity index (χ4n) is 1.25. The van der Waals surface area contributed by atoms with E-state index in [4.69, 9.17) is 21.4 Å². The number of hydrogen-bond donors (Lipinski definition) is 5. The molecule has 8 nitrogen and oxygen atoms in total. The number of aryl methyl sites for hydroxylation is 1. The summed E-state index contributed by atoms with van der Waals surface area (Å²) in [6.45, 7) is 4.60. The summed E-state index contributed by atoms with van der Waals surface area (Å²) in [5, 5.41) is 9.20. The Labute approximate surface area is 130 Å². The van der Waals surface area contributed by atoms with Crippen LogP contribution in [0.25, 0.3) is 0 Å². The van der Waals surface area contributed by atoms with E-state index in [2.05, 4.69) is 17.2 Å². The number of benzene rings is 1. The Kier molecular flexibility index (Phi) is 8.80. The summed E-state index contributed by atoms with van der Waals surface area (Å²) in [7, 11) is -4.02. The Morgan fingerprint density at radius 1 is 1.32 bits per heavy atom. The van der Waals surface area contributed by atoms with Crippen LogP contribution in [0.1, 0.15) is 25.3 Å². The topological polar surface area (TPSA) is 155 Å². The standard InChI is InChI=1S/C7H8O3S.C6H15N5/c1-6-2-4-7(5-3-6)11(8,9)10;1-2-3-4-10-6(9)11-5(7)8/h2-5H,1H3,(H,8,9,10);2-4H2,1H3,(H6,7,8,9,10,11). The Morgan fingerprint density at radius 3 is 2.27 bits per heavy atom. The smallest absolute Gasteiger partial charge is 0.294 e. The van der Waals surface area contributed by atoms with Crippen LogP contribution in [-0.4, -0.2) is 31.4 Å². The van der Waals surface area contributed by atoms with Crippen molar-refractivity contribution in [2.24, 2.45) is 16.5 Å². The molecule has 0 atom stereocenters. The Morgan fingerprint density at radius 2 is 1.86 bits per heavy atom. The fourth-order valence-corrected chi connectivity index (χ4v) is 1.73. The fraction of sp³-hybridized carbons (Fsp3) is 0.385. The minimum absolute atomic E-state index is 0.0666. The molecule has 22 heavy (non-hydrogen) atoms. The predicted molar refractivity (Wildman–Crippen MR) is 87.4 cm³/mol. The van der Waals surface area contributed by atoms with Crippen molar-refractivity contribution in [3.8, 4) is 0 Å². The van der Waals surface area contributed by atoms with E-state index < -0.39 is 10.1 Å². The monoisotopic (exact) mass is 329 g/mol. The van der Waals surface area contributed by atoms with Crippen LogP contribution in [0.4, 0.5) is 0 Å². The highest BCUT2D eigenvalue weighted by molar-refractivity contribution is 7.85. The second-order valence-corrected chi connectivity index (χ2v) is 5.87. The van der Waals surface area contributed by atoms with Gasteiger partial charge in [-0.25, -0.2) is 0 Å². The van der Waals surface area contributed by atoms with Crippen molar-refractivity contribution in [2.75, 3.05) is 6.54 Å². The van der Waals surface area contributed by atoms with Gasteiger partial charge in [0.25, 0.3) is 10.1 Å². The first-order valence-electron chi connectivity index (χ1n) is 6.62. The molecule has 0 aliphatic heterocycles. The van der Waals surface area contributed by atoms with Crippen LogP contribution in [0.2, 0.25) is 0 Å². The first-order valence-corrected chi connectivity index (χ1v) is 8.06. The molecular formula is C13H23N5O3S. The molecule has 1 rings (SSSR count). The lowest BCUT2D eigenvalue weighted by Gasteiger charge is -2.00. The Balaban J connectivity index is 0.000000401. The third kappa shape index (κ3) is 9.72. The number of hydrogen-bond acceptors (Lipinski definition) is 4. The van der Waals surface area contributed by atoms with E-state index in [1.54, 1.807) is 12.1 Å². The summed E-state index contributed by atoms with van der Waals surface area (Å²) in [6.07, 6.45) is 2.08. The SMILES string of the molecule is CCCCN=C(N)NC(=N)N.Cc1ccc(S(=O)(=O)O)cc1. The number of unbranched alkanes of at least 4 members (excludes halogenated alkanes) is 1. The van der Waals surface area contributed by atoms with Crippen molar-refractivity contribution in [1.82, 2.24) is 5.32 Å². The van der Waals surface area contributed by atoms with Crippen LogP contribution >= 0.6 is 0 Å². The molecule has 0 aromatic heterocycles. The van der Waals surface area contributed by atoms with E-state index in [1.165, 1.54) is 12.1 Å². The normalized spacial score (nSPS) is 11.3. The number of nitrogens with one attached hydrogen (secondary N) is 2. The average molecular weight is 329 g/mol. The molecule has 0 saturated carbocycles. The maximum absolute atomic E-state index is 10.5. The van der Waals surface area contributed by atoms with Gasteiger partial charge in [-0.1, -0.05) is 31.0 Å². The van der Waals surface area contributed by atoms with Crippen molar-refractivity contribution in [1.29, 1.82) is 5.41 Å². The quantitative estimate of drug-likeness (QED) is 0.238. The molecule has 0 bridgehead atoms. The lowest BCUT2D eigenvalue weighted by Crippen LogP contribution is -2.40. The van der Waals surface area contributed by atoms with Gasteiger partial charge in [-0.2, -0.15) is 8.42 Å². The van der Waals surface area contributed by atoms with Crippen LogP contribution in [-0.2, 0) is 10.1 Å². The summed E-state index contributed by atoms with van der Waals surface area (Å²) in [5.74, 6) is 0.0358. The van der Waals surface area contributed by atoms with E-state index in [1.807, 2.05) is 6.92 Å². The van der Waals surface area contributed by atoms with Crippen molar-refractivity contribution < 1.29 is 13.0 Å². The molecule has 9 heteroatoms. The zero-order valence-corrected chi connectivity index (χ0v) is 13.5. The predicted octanol–water partition coefficient (Wildman–Crippen LogP) is 0.826. The first kappa shape index (κ1) is 19.9. The first-order chi connectivity index (χ1) is 10.2. The minimum atomic E-state index is -4.02. The van der Waals surface area contributed by atoms with Gasteiger partial charge in [0.2, 0.25) is 0 Å². The van der Waals surface area contributed by atoms with Crippen molar-refractivity contribution >= 4 is 22.0 Å². The molecule has 1 aromatic carbocycles. The molecule has 0 amide bonds. The highest BCUT2D eigenvalue weighted by atomic mass is 32.2. The minimum Gasteiger partial charge on any atom is -0.370 e. The number of guanidine groups is 2. The highest BCUT2D eigenvalue weighted by Gasteiger charge is 2.06. The largest absolute Gasteiger partial charge is 0.370 e. The van der Waals surface area contributed by atoms with Crippen LogP contribution in [0.3, 0.4) is 0 Å². The molecule has 0 fully saturated rings. The van der Waals surface area contributed by atoms with E-state index in [-0.39, 0.29) is 16.8 Å². The summed E-state index contributed by atoms with van der Waals surface area (Å²) in [6, 6.07) is 5.99. The average Bonchev–Trinajstić information content (AvgIpc) is 2.38. The van der Waals surface area contributed by atoms with Gasteiger partial charge in [-0.05, 0) is 25.5 Å². The lowest BCUT2D eigenvalue weighted by molar-refractivity contribution is 0.483. The number of nitrogens with two attached hydrogens (primary N) is 2. The lowest BCUT2D eigenvalue weighted by atomic mass is 10.2. The molecule has 1 aromatic rings. The van der Waals surface area contributed by atoms with Gasteiger partial charge in [-0.3, -0.25) is 20.3 Å². The molecule has 0 spiro atoms. The molecule has 0 heterocycles. The van der Waals surface area contributed by atoms with Crippen molar-refractivity contribution in [2.45, 2.75) is 31.6 Å². The Bertz CT molecular complexity index is 597. The maximum atomic E-state index is 10.5. The van der Waals surface area contributed by atoms with Gasteiger partial charge in [0.05, 0.1) is 4.90 Å². The zero-order valence-electron chi connectivity index (χ0n) is 12.7. The molecule has 0 aliphatic rings. The van der Waals surface area contributed by atoms with Gasteiger partial charge in [0.15, 0.2) is 11.9 Å². The third-order valence-electron chi connectivity index (χ3n) is 2.38. The zero-order chi connectivity index (χ0) is 17.2. The molecule has 7 N–H and O–H groups in total. The molecule has 0 unspecified atom stereocenters. The van der Waals surface area contributed by atoms with E-state index in [0.29, 0.717) is 6.54 Å². The summed E-state index contributed by atoms with van der Waals surface area (Å²) in [5.41, 5.74) is 11.3. The van der Waals surface area contributed by atoms with E-state index >= 15 is 0 Å². The summed E-state index contributed by atoms with van der Waals surface area (Å²) >= 11 is 0. The number of aliphatic imine (C=N–C) groups is 1. The molecule has 0 aliphatic carbocycles. The van der Waals surface area contributed by atoms with E-state index in [9.17, 15) is 8.42 Å². The Hall–Kier alpha value is -2.13. The molecule has 0 radical (unpaired) electrons. The van der Waals surface area contributed by atoms with Crippen LogP contribution in [0, 0.1) is 12.3 Å². The third-order valence-corrected chi connectivity index (χ3v) is 3.24. The summed E-state index contributed by atoms with van der Waals surface area (Å²) in [4.78, 5) is 3.85. The molecule has 124 valence electrons. The van der Waals surface area contributed by atoms with Gasteiger partial charge in [0, 0.05) is 6.54 Å². The molecule has 0 saturated heterocycles. The maximum Gasteiger partial charge on any atom is 0.294 e. The van der Waals surface area contributed by atoms with Gasteiger partial charge < -0.3 is 11.5 Å². The van der Waals surface area contributed by atoms with Crippen molar-refractivity contribution in [3.05, 3.63) is 29.8 Å². The van der Waals surface area contributed by atoms with E-state index in [0.717, 1.165) is 18.4 Å². The van der Waals surface area contributed by atoms with Gasteiger partial charge in [-0.15, -0.1) is 0 Å². The van der Waals surface area contributed by atoms with Crippen molar-refractivity contribution in [3.63, 3.8) is 0 Å². The van der Waals surface area contributed by atoms with Crippen LogP contribution in [0.5, 0.6) is 0 Å². The highest BCUT2D eigenvalue weighted by Crippen LogP contribution is 2.08. The number of nitrogens with zero attached hydrogens (tertiary/aromatic N) is 1. The van der Waals surface area contributed by atoms with Gasteiger partial charge in [0.1, 0.15) is 0 Å².